The van der Waals surface area contributed by atoms with Crippen LogP contribution in [0.3, 0.4) is 0 Å². The van der Waals surface area contributed by atoms with Crippen LogP contribution >= 0.6 is 11.3 Å². The molecule has 0 fully saturated rings. The molecular formula is C11H17NO3S. The number of aromatic nitrogens is 1. The zero-order chi connectivity index (χ0) is 12.2. The van der Waals surface area contributed by atoms with Crippen LogP contribution in [0.15, 0.2) is 5.38 Å². The molecular weight excluding hydrogens is 226 g/mol. The highest BCUT2D eigenvalue weighted by Crippen LogP contribution is 2.30. The lowest BCUT2D eigenvalue weighted by Crippen LogP contribution is -2.22. The van der Waals surface area contributed by atoms with Crippen LogP contribution in [0.2, 0.25) is 0 Å². The Kier molecular flexibility index (Phi) is 4.44. The fourth-order valence-electron chi connectivity index (χ4n) is 1.28. The first-order valence-corrected chi connectivity index (χ1v) is 6.11. The van der Waals surface area contributed by atoms with Gasteiger partial charge in [0.2, 0.25) is 0 Å². The number of carboxylic acid groups (broad SMARTS) is 1. The molecule has 5 heteroatoms. The fraction of sp³-hybridized carbons (Fsp3) is 0.636. The highest BCUT2D eigenvalue weighted by molar-refractivity contribution is 7.09. The van der Waals surface area contributed by atoms with Crippen molar-refractivity contribution >= 4 is 17.3 Å². The zero-order valence-corrected chi connectivity index (χ0v) is 10.6. The normalized spacial score (nSPS) is 14.7. The summed E-state index contributed by atoms with van der Waals surface area (Å²) in [4.78, 5) is 14.9. The molecule has 0 aliphatic rings. The Bertz CT molecular complexity index is 358. The van der Waals surface area contributed by atoms with Crippen molar-refractivity contribution in [1.29, 1.82) is 0 Å². The summed E-state index contributed by atoms with van der Waals surface area (Å²) < 4.78 is 5.44. The Morgan fingerprint density at radius 1 is 1.69 bits per heavy atom. The van der Waals surface area contributed by atoms with Gasteiger partial charge in [-0.1, -0.05) is 6.92 Å². The first-order valence-electron chi connectivity index (χ1n) is 5.23. The van der Waals surface area contributed by atoms with Crippen LogP contribution in [-0.2, 0) is 21.6 Å². The van der Waals surface area contributed by atoms with E-state index >= 15 is 0 Å². The molecule has 1 rings (SSSR count). The molecule has 0 bridgehead atoms. The minimum atomic E-state index is -0.792. The second kappa shape index (κ2) is 5.41. The summed E-state index contributed by atoms with van der Waals surface area (Å²) in [5.74, 6) is -0.792. The number of thiazole rings is 1. The van der Waals surface area contributed by atoms with E-state index in [1.54, 1.807) is 7.11 Å². The maximum Gasteiger partial charge on any atom is 0.303 e. The maximum atomic E-state index is 10.4. The Hall–Kier alpha value is -0.940. The van der Waals surface area contributed by atoms with Crippen molar-refractivity contribution < 1.29 is 14.6 Å². The molecule has 0 amide bonds. The molecule has 0 aromatic carbocycles. The zero-order valence-electron chi connectivity index (χ0n) is 9.82. The fourth-order valence-corrected chi connectivity index (χ4v) is 2.35. The molecule has 0 spiro atoms. The van der Waals surface area contributed by atoms with Crippen molar-refractivity contribution in [3.8, 4) is 0 Å². The van der Waals surface area contributed by atoms with E-state index in [0.29, 0.717) is 6.42 Å². The van der Waals surface area contributed by atoms with Crippen molar-refractivity contribution in [2.24, 2.45) is 0 Å². The van der Waals surface area contributed by atoms with Gasteiger partial charge in [-0.15, -0.1) is 11.3 Å². The number of ether oxygens (including phenoxy) is 1. The number of aryl methyl sites for hydroxylation is 1. The topological polar surface area (TPSA) is 59.4 Å². The van der Waals surface area contributed by atoms with E-state index in [1.165, 1.54) is 11.3 Å². The van der Waals surface area contributed by atoms with Gasteiger partial charge in [-0.25, -0.2) is 4.98 Å². The Labute approximate surface area is 99.3 Å². The van der Waals surface area contributed by atoms with E-state index in [9.17, 15) is 4.79 Å². The molecule has 1 atom stereocenters. The smallest absolute Gasteiger partial charge is 0.303 e. The average molecular weight is 243 g/mol. The Morgan fingerprint density at radius 3 is 2.88 bits per heavy atom. The van der Waals surface area contributed by atoms with E-state index in [2.05, 4.69) is 4.98 Å². The summed E-state index contributed by atoms with van der Waals surface area (Å²) in [6, 6.07) is 0. The van der Waals surface area contributed by atoms with Crippen molar-refractivity contribution in [3.63, 3.8) is 0 Å². The molecule has 1 N–H and O–H groups in total. The molecule has 1 unspecified atom stereocenters. The van der Waals surface area contributed by atoms with Crippen molar-refractivity contribution in [2.75, 3.05) is 7.11 Å². The second-order valence-electron chi connectivity index (χ2n) is 3.83. The van der Waals surface area contributed by atoms with Gasteiger partial charge in [-0.05, 0) is 13.3 Å². The number of hydrogen-bond donors (Lipinski definition) is 1. The lowest BCUT2D eigenvalue weighted by molar-refractivity contribution is -0.136. The molecule has 4 nitrogen and oxygen atoms in total. The minimum absolute atomic E-state index is 0.124. The van der Waals surface area contributed by atoms with Crippen LogP contribution in [0.4, 0.5) is 0 Å². The van der Waals surface area contributed by atoms with Crippen molar-refractivity contribution in [3.05, 3.63) is 16.1 Å². The predicted molar refractivity (Wildman–Crippen MR) is 62.7 cm³/mol. The van der Waals surface area contributed by atoms with Crippen molar-refractivity contribution in [2.45, 2.75) is 38.7 Å². The van der Waals surface area contributed by atoms with E-state index in [4.69, 9.17) is 9.84 Å². The Morgan fingerprint density at radius 2 is 2.38 bits per heavy atom. The molecule has 0 aliphatic heterocycles. The molecule has 0 aliphatic carbocycles. The Balaban J connectivity index is 2.74. The largest absolute Gasteiger partial charge is 0.481 e. The van der Waals surface area contributed by atoms with Crippen LogP contribution in [0.5, 0.6) is 0 Å². The molecule has 90 valence electrons. The maximum absolute atomic E-state index is 10.4. The summed E-state index contributed by atoms with van der Waals surface area (Å²) >= 11 is 1.53. The third-order valence-electron chi connectivity index (χ3n) is 2.72. The predicted octanol–water partition coefficient (Wildman–Crippen LogP) is 2.43. The third kappa shape index (κ3) is 3.02. The molecule has 1 aromatic rings. The van der Waals surface area contributed by atoms with Gasteiger partial charge in [0.25, 0.3) is 0 Å². The van der Waals surface area contributed by atoms with Gasteiger partial charge in [0.05, 0.1) is 12.1 Å². The molecule has 1 heterocycles. The van der Waals surface area contributed by atoms with E-state index < -0.39 is 5.97 Å². The highest BCUT2D eigenvalue weighted by Gasteiger charge is 2.27. The standard InChI is InChI=1S/C11H17NO3S/c1-4-11(2,15-3)10-12-8(7-16-10)5-6-9(13)14/h7H,4-6H2,1-3H3,(H,13,14). The molecule has 0 saturated heterocycles. The van der Waals surface area contributed by atoms with Gasteiger partial charge in [0, 0.05) is 18.9 Å². The van der Waals surface area contributed by atoms with Crippen LogP contribution in [0.1, 0.15) is 37.4 Å². The number of carboxylic acids is 1. The lowest BCUT2D eigenvalue weighted by Gasteiger charge is -2.23. The molecule has 1 aromatic heterocycles. The average Bonchev–Trinajstić information content (AvgIpc) is 2.74. The first-order chi connectivity index (χ1) is 7.51. The van der Waals surface area contributed by atoms with Gasteiger partial charge in [0.1, 0.15) is 10.6 Å². The van der Waals surface area contributed by atoms with Crippen LogP contribution in [0.25, 0.3) is 0 Å². The summed E-state index contributed by atoms with van der Waals surface area (Å²) in [7, 11) is 1.67. The van der Waals surface area contributed by atoms with Gasteiger partial charge < -0.3 is 9.84 Å². The number of carbonyl (C=O) groups is 1. The number of methoxy groups -OCH3 is 1. The van der Waals surface area contributed by atoms with Crippen molar-refractivity contribution in [1.82, 2.24) is 4.98 Å². The molecule has 16 heavy (non-hydrogen) atoms. The van der Waals surface area contributed by atoms with Gasteiger partial charge >= 0.3 is 5.97 Å². The van der Waals surface area contributed by atoms with Crippen LogP contribution < -0.4 is 0 Å². The summed E-state index contributed by atoms with van der Waals surface area (Å²) in [6.07, 6.45) is 1.45. The first kappa shape index (κ1) is 13.1. The van der Waals surface area contributed by atoms with Crippen LogP contribution in [-0.4, -0.2) is 23.2 Å². The number of nitrogens with zero attached hydrogens (tertiary/aromatic N) is 1. The van der Waals surface area contributed by atoms with Gasteiger partial charge in [-0.2, -0.15) is 0 Å². The van der Waals surface area contributed by atoms with E-state index in [-0.39, 0.29) is 12.0 Å². The van der Waals surface area contributed by atoms with Crippen LogP contribution in [0, 0.1) is 0 Å². The minimum Gasteiger partial charge on any atom is -0.481 e. The number of hydrogen-bond acceptors (Lipinski definition) is 4. The third-order valence-corrected chi connectivity index (χ3v) is 3.86. The SMILES string of the molecule is CCC(C)(OC)c1nc(CCC(=O)O)cs1. The number of aliphatic carboxylic acids is 1. The highest BCUT2D eigenvalue weighted by atomic mass is 32.1. The monoisotopic (exact) mass is 243 g/mol. The molecule has 0 saturated carbocycles. The second-order valence-corrected chi connectivity index (χ2v) is 4.68. The van der Waals surface area contributed by atoms with E-state index in [1.807, 2.05) is 19.2 Å². The van der Waals surface area contributed by atoms with E-state index in [0.717, 1.165) is 17.1 Å². The van der Waals surface area contributed by atoms with Gasteiger partial charge in [0.15, 0.2) is 0 Å². The lowest BCUT2D eigenvalue weighted by atomic mass is 10.1. The van der Waals surface area contributed by atoms with Gasteiger partial charge in [-0.3, -0.25) is 4.79 Å². The quantitative estimate of drug-likeness (QED) is 0.833. The number of rotatable bonds is 6. The summed E-state index contributed by atoms with van der Waals surface area (Å²) in [6.45, 7) is 4.04. The molecule has 0 radical (unpaired) electrons. The summed E-state index contributed by atoms with van der Waals surface area (Å²) in [5.41, 5.74) is 0.478. The summed E-state index contributed by atoms with van der Waals surface area (Å²) in [5, 5.41) is 11.4.